The van der Waals surface area contributed by atoms with E-state index in [9.17, 15) is 8.42 Å². The molecule has 1 aromatic carbocycles. The molecule has 2 N–H and O–H groups in total. The summed E-state index contributed by atoms with van der Waals surface area (Å²) in [4.78, 5) is 6.67. The fraction of sp³-hybridized carbons (Fsp3) is 0.480. The molecule has 3 unspecified atom stereocenters. The molecule has 1 fully saturated rings. The number of aromatic nitrogens is 3. The maximum absolute atomic E-state index is 12.2. The van der Waals surface area contributed by atoms with Gasteiger partial charge in [0.25, 0.3) is 0 Å². The van der Waals surface area contributed by atoms with Crippen LogP contribution >= 0.6 is 0 Å². The van der Waals surface area contributed by atoms with E-state index in [1.165, 1.54) is 24.6 Å². The number of nitrogens with two attached hydrogens (primary N) is 1. The molecule has 35 heavy (non-hydrogen) atoms. The second-order valence-corrected chi connectivity index (χ2v) is 12.1. The quantitative estimate of drug-likeness (QED) is 0.506. The van der Waals surface area contributed by atoms with Crippen molar-refractivity contribution in [3.05, 3.63) is 53.4 Å². The summed E-state index contributed by atoms with van der Waals surface area (Å²) in [6, 6.07) is 11.5. The van der Waals surface area contributed by atoms with Crippen LogP contribution in [0, 0.1) is 17.8 Å². The molecule has 2 aliphatic carbocycles. The van der Waals surface area contributed by atoms with E-state index in [0.717, 1.165) is 29.9 Å². The summed E-state index contributed by atoms with van der Waals surface area (Å²) in [5.74, 6) is 3.13. The van der Waals surface area contributed by atoms with E-state index < -0.39 is 10.0 Å². The fourth-order valence-electron chi connectivity index (χ4n) is 4.79. The van der Waals surface area contributed by atoms with Gasteiger partial charge in [-0.1, -0.05) is 31.2 Å². The summed E-state index contributed by atoms with van der Waals surface area (Å²) in [7, 11) is -0.0428. The average Bonchev–Trinajstić information content (AvgIpc) is 3.23. The monoisotopic (exact) mass is 496 g/mol. The summed E-state index contributed by atoms with van der Waals surface area (Å²) in [6.07, 6.45) is 4.10. The fourth-order valence-corrected chi connectivity index (χ4v) is 5.22. The lowest BCUT2D eigenvalue weighted by atomic mass is 9.97. The number of rotatable bonds is 8. The van der Waals surface area contributed by atoms with Crippen molar-refractivity contribution in [2.24, 2.45) is 23.5 Å². The normalized spacial score (nSPS) is 20.5. The average molecular weight is 497 g/mol. The molecule has 186 valence electrons. The lowest BCUT2D eigenvalue weighted by molar-refractivity contribution is 0.366. The first-order chi connectivity index (χ1) is 16.6. The number of anilines is 2. The first-order valence-electron chi connectivity index (χ1n) is 11.9. The summed E-state index contributed by atoms with van der Waals surface area (Å²) >= 11 is 0. The summed E-state index contributed by atoms with van der Waals surface area (Å²) < 4.78 is 31.7. The number of sulfonamides is 1. The zero-order chi connectivity index (χ0) is 24.9. The summed E-state index contributed by atoms with van der Waals surface area (Å²) in [5, 5.41) is 8.52. The minimum absolute atomic E-state index is 0.187. The van der Waals surface area contributed by atoms with Crippen molar-refractivity contribution in [1.82, 2.24) is 15.2 Å². The Bertz CT molecular complexity index is 1320. The van der Waals surface area contributed by atoms with Gasteiger partial charge in [0.05, 0.1) is 12.3 Å². The molecule has 0 spiro atoms. The topological polar surface area (TPSA) is 118 Å². The molecule has 2 heterocycles. The van der Waals surface area contributed by atoms with Crippen LogP contribution in [0.1, 0.15) is 36.4 Å². The van der Waals surface area contributed by atoms with Crippen LogP contribution in [-0.4, -0.2) is 50.5 Å². The first-order valence-corrected chi connectivity index (χ1v) is 13.8. The molecule has 9 nitrogen and oxygen atoms in total. The van der Waals surface area contributed by atoms with Crippen LogP contribution in [0.5, 0.6) is 0 Å². The lowest BCUT2D eigenvalue weighted by Gasteiger charge is -2.22. The minimum Gasteiger partial charge on any atom is -0.419 e. The van der Waals surface area contributed by atoms with Crippen LogP contribution in [-0.2, 0) is 22.9 Å². The molecule has 2 aromatic heterocycles. The van der Waals surface area contributed by atoms with E-state index >= 15 is 0 Å². The van der Waals surface area contributed by atoms with Gasteiger partial charge >= 0.3 is 0 Å². The number of nitrogens with zero attached hydrogens (tertiary/aromatic N) is 5. The minimum atomic E-state index is -3.50. The number of benzene rings is 1. The highest BCUT2D eigenvalue weighted by Crippen LogP contribution is 2.39. The second kappa shape index (κ2) is 8.91. The Morgan fingerprint density at radius 2 is 1.74 bits per heavy atom. The molecular weight excluding hydrogens is 464 g/mol. The van der Waals surface area contributed by atoms with Gasteiger partial charge in [-0.05, 0) is 60.3 Å². The van der Waals surface area contributed by atoms with Crippen molar-refractivity contribution >= 4 is 21.7 Å². The van der Waals surface area contributed by atoms with E-state index in [1.807, 2.05) is 25.2 Å². The van der Waals surface area contributed by atoms with Crippen molar-refractivity contribution in [3.8, 4) is 11.5 Å². The van der Waals surface area contributed by atoms with Crippen LogP contribution < -0.4 is 14.9 Å². The molecule has 3 atom stereocenters. The van der Waals surface area contributed by atoms with E-state index in [4.69, 9.17) is 10.2 Å². The van der Waals surface area contributed by atoms with Gasteiger partial charge in [0.2, 0.25) is 21.8 Å². The van der Waals surface area contributed by atoms with Crippen molar-refractivity contribution in [2.75, 3.05) is 36.1 Å². The molecular formula is C25H32N6O3S. The van der Waals surface area contributed by atoms with Crippen molar-refractivity contribution < 1.29 is 12.8 Å². The van der Waals surface area contributed by atoms with Gasteiger partial charge in [0.1, 0.15) is 11.6 Å². The van der Waals surface area contributed by atoms with Crippen LogP contribution in [0.2, 0.25) is 0 Å². The number of hydrogen-bond acceptors (Lipinski definition) is 8. The third kappa shape index (κ3) is 4.90. The maximum atomic E-state index is 12.2. The highest BCUT2D eigenvalue weighted by atomic mass is 32.2. The van der Waals surface area contributed by atoms with Gasteiger partial charge in [0, 0.05) is 26.2 Å². The third-order valence-electron chi connectivity index (χ3n) is 7.36. The molecule has 1 saturated carbocycles. The largest absolute Gasteiger partial charge is 0.419 e. The molecule has 5 rings (SSSR count). The van der Waals surface area contributed by atoms with Crippen molar-refractivity contribution in [3.63, 3.8) is 0 Å². The van der Waals surface area contributed by atoms with E-state index in [-0.39, 0.29) is 12.0 Å². The molecule has 0 bridgehead atoms. The van der Waals surface area contributed by atoms with Crippen molar-refractivity contribution in [2.45, 2.75) is 32.2 Å². The molecule has 0 saturated heterocycles. The van der Waals surface area contributed by atoms with Crippen LogP contribution in [0.15, 0.2) is 40.8 Å². The Hall–Kier alpha value is -2.98. The summed E-state index contributed by atoms with van der Waals surface area (Å²) in [5.41, 5.74) is 9.79. The Labute approximate surface area is 206 Å². The first kappa shape index (κ1) is 23.7. The summed E-state index contributed by atoms with van der Waals surface area (Å²) in [6.45, 7) is 3.08. The van der Waals surface area contributed by atoms with Gasteiger partial charge in [-0.2, -0.15) is 0 Å². The number of fused-ring (bicyclic) bond motifs is 1. The van der Waals surface area contributed by atoms with Gasteiger partial charge in [0.15, 0.2) is 0 Å². The Morgan fingerprint density at radius 1 is 1.11 bits per heavy atom. The van der Waals surface area contributed by atoms with Crippen LogP contribution in [0.4, 0.5) is 11.6 Å². The third-order valence-corrected chi connectivity index (χ3v) is 8.54. The highest BCUT2D eigenvalue weighted by molar-refractivity contribution is 7.92. The van der Waals surface area contributed by atoms with E-state index in [2.05, 4.69) is 39.1 Å². The molecule has 10 heteroatoms. The predicted molar refractivity (Wildman–Crippen MR) is 136 cm³/mol. The van der Waals surface area contributed by atoms with Gasteiger partial charge in [-0.3, -0.25) is 4.31 Å². The van der Waals surface area contributed by atoms with E-state index in [0.29, 0.717) is 40.8 Å². The zero-order valence-electron chi connectivity index (χ0n) is 20.5. The molecule has 0 amide bonds. The Kier molecular flexibility index (Phi) is 6.04. The van der Waals surface area contributed by atoms with Gasteiger partial charge in [-0.25, -0.2) is 13.4 Å². The van der Waals surface area contributed by atoms with Crippen LogP contribution in [0.25, 0.3) is 11.5 Å². The standard InChI is InChI=1S/C25H32N6O3S/c1-15-9-20(15)14-30(2)21-12-19(13-22(27-21)31(3)35(4,32)33)24-28-29-25(34-24)23(26)18-10-16-7-5-6-8-17(16)11-18/h5-8,12-13,15,18,20,23H,9-11,14,26H2,1-4H3. The smallest absolute Gasteiger partial charge is 0.248 e. The number of hydrogen-bond donors (Lipinski definition) is 1. The lowest BCUT2D eigenvalue weighted by Crippen LogP contribution is -2.27. The second-order valence-electron chi connectivity index (χ2n) is 10.1. The Balaban J connectivity index is 1.43. The molecule has 3 aromatic rings. The van der Waals surface area contributed by atoms with E-state index in [1.54, 1.807) is 6.07 Å². The SMILES string of the molecule is CC1CC1CN(C)c1cc(-c2nnc(C(N)C3Cc4ccccc4C3)o2)cc(N(C)S(C)(=O)=O)n1. The van der Waals surface area contributed by atoms with Crippen molar-refractivity contribution in [1.29, 1.82) is 0 Å². The molecule has 0 aliphatic heterocycles. The zero-order valence-corrected chi connectivity index (χ0v) is 21.4. The van der Waals surface area contributed by atoms with Gasteiger partial charge in [-0.15, -0.1) is 10.2 Å². The number of pyridine rings is 1. The molecule has 2 aliphatic rings. The Morgan fingerprint density at radius 3 is 2.34 bits per heavy atom. The van der Waals surface area contributed by atoms with Gasteiger partial charge < -0.3 is 15.1 Å². The highest BCUT2D eigenvalue weighted by Gasteiger charge is 2.34. The predicted octanol–water partition coefficient (Wildman–Crippen LogP) is 3.03. The molecule has 0 radical (unpaired) electrons. The maximum Gasteiger partial charge on any atom is 0.248 e. The van der Waals surface area contributed by atoms with Crippen LogP contribution in [0.3, 0.4) is 0 Å².